The second-order valence-electron chi connectivity index (χ2n) is 7.39. The topological polar surface area (TPSA) is 91.6 Å². The van der Waals surface area contributed by atoms with Gasteiger partial charge in [0.2, 0.25) is 5.91 Å². The Morgan fingerprint density at radius 3 is 2.64 bits per heavy atom. The first-order valence-electron chi connectivity index (χ1n) is 10.1. The van der Waals surface area contributed by atoms with E-state index in [0.29, 0.717) is 40.6 Å². The van der Waals surface area contributed by atoms with Gasteiger partial charge < -0.3 is 14.8 Å². The lowest BCUT2D eigenvalue weighted by Gasteiger charge is -2.19. The highest BCUT2D eigenvalue weighted by Crippen LogP contribution is 2.32. The van der Waals surface area contributed by atoms with Crippen molar-refractivity contribution < 1.29 is 18.7 Å². The van der Waals surface area contributed by atoms with E-state index in [1.165, 1.54) is 22.8 Å². The minimum Gasteiger partial charge on any atom is -0.486 e. The van der Waals surface area contributed by atoms with Gasteiger partial charge in [-0.25, -0.2) is 9.18 Å². The van der Waals surface area contributed by atoms with Gasteiger partial charge in [-0.1, -0.05) is 18.2 Å². The van der Waals surface area contributed by atoms with Crippen LogP contribution < -0.4 is 26.0 Å². The van der Waals surface area contributed by atoms with Crippen LogP contribution in [0.3, 0.4) is 0 Å². The summed E-state index contributed by atoms with van der Waals surface area (Å²) >= 11 is 1.16. The molecule has 2 aromatic heterocycles. The standard InChI is InChI=1S/C23H18FN3O5S/c24-16-4-2-1-3-14(16)12-27-22(29)21-17(7-10-33-21)26(23(27)30)13-20(28)25-15-5-6-18-19(11-15)32-9-8-31-18/h1-7,10-11H,8-9,12-13H2,(H,25,28). The Kier molecular flexibility index (Phi) is 5.43. The van der Waals surface area contributed by atoms with Gasteiger partial charge in [0, 0.05) is 17.3 Å². The molecular weight excluding hydrogens is 449 g/mol. The molecule has 3 heterocycles. The van der Waals surface area contributed by atoms with E-state index in [-0.39, 0.29) is 18.7 Å². The summed E-state index contributed by atoms with van der Waals surface area (Å²) in [4.78, 5) is 38.9. The first kappa shape index (κ1) is 21.0. The van der Waals surface area contributed by atoms with Gasteiger partial charge in [0.05, 0.1) is 12.1 Å². The highest BCUT2D eigenvalue weighted by molar-refractivity contribution is 7.17. The molecule has 0 saturated carbocycles. The summed E-state index contributed by atoms with van der Waals surface area (Å²) in [6, 6.07) is 12.6. The number of halogens is 1. The molecule has 0 atom stereocenters. The van der Waals surface area contributed by atoms with E-state index in [0.717, 1.165) is 15.9 Å². The lowest BCUT2D eigenvalue weighted by atomic mass is 10.2. The van der Waals surface area contributed by atoms with Crippen LogP contribution in [0.4, 0.5) is 10.1 Å². The van der Waals surface area contributed by atoms with Crippen LogP contribution in [0.15, 0.2) is 63.5 Å². The zero-order valence-electron chi connectivity index (χ0n) is 17.2. The van der Waals surface area contributed by atoms with Crippen molar-refractivity contribution in [3.8, 4) is 11.5 Å². The summed E-state index contributed by atoms with van der Waals surface area (Å²) in [5.41, 5.74) is -0.154. The highest BCUT2D eigenvalue weighted by Gasteiger charge is 2.18. The molecule has 1 N–H and O–H groups in total. The van der Waals surface area contributed by atoms with Gasteiger partial charge >= 0.3 is 5.69 Å². The predicted octanol–water partition coefficient (Wildman–Crippen LogP) is 2.82. The van der Waals surface area contributed by atoms with Crippen molar-refractivity contribution in [3.05, 3.63) is 86.1 Å². The number of carbonyl (C=O) groups is 1. The van der Waals surface area contributed by atoms with Gasteiger partial charge in [-0.2, -0.15) is 0 Å². The van der Waals surface area contributed by atoms with E-state index in [1.807, 2.05) is 0 Å². The number of nitrogens with one attached hydrogen (secondary N) is 1. The molecule has 0 aliphatic carbocycles. The number of nitrogens with zero attached hydrogens (tertiary/aromatic N) is 2. The Morgan fingerprint density at radius 1 is 1.03 bits per heavy atom. The third-order valence-corrected chi connectivity index (χ3v) is 6.14. The van der Waals surface area contributed by atoms with Gasteiger partial charge in [0.25, 0.3) is 5.56 Å². The van der Waals surface area contributed by atoms with Crippen molar-refractivity contribution in [2.45, 2.75) is 13.1 Å². The molecular formula is C23H18FN3O5S. The normalized spacial score (nSPS) is 12.6. The minimum atomic E-state index is -0.688. The molecule has 5 rings (SSSR count). The fourth-order valence-corrected chi connectivity index (χ4v) is 4.53. The molecule has 0 radical (unpaired) electrons. The Morgan fingerprint density at radius 2 is 1.82 bits per heavy atom. The lowest BCUT2D eigenvalue weighted by Crippen LogP contribution is -2.41. The minimum absolute atomic E-state index is 0.208. The average Bonchev–Trinajstić information content (AvgIpc) is 3.31. The van der Waals surface area contributed by atoms with Crippen molar-refractivity contribution in [3.63, 3.8) is 0 Å². The third-order valence-electron chi connectivity index (χ3n) is 5.25. The Bertz CT molecular complexity index is 1490. The van der Waals surface area contributed by atoms with E-state index < -0.39 is 23.0 Å². The van der Waals surface area contributed by atoms with Crippen molar-refractivity contribution >= 4 is 33.1 Å². The molecule has 0 bridgehead atoms. The SMILES string of the molecule is O=C(Cn1c(=O)n(Cc2ccccc2F)c(=O)c2sccc21)Nc1ccc2c(c1)OCCO2. The van der Waals surface area contributed by atoms with Crippen molar-refractivity contribution in [2.24, 2.45) is 0 Å². The van der Waals surface area contributed by atoms with E-state index in [4.69, 9.17) is 9.47 Å². The number of rotatable bonds is 5. The van der Waals surface area contributed by atoms with Crippen molar-refractivity contribution in [2.75, 3.05) is 18.5 Å². The maximum Gasteiger partial charge on any atom is 0.332 e. The van der Waals surface area contributed by atoms with E-state index in [1.54, 1.807) is 35.7 Å². The quantitative estimate of drug-likeness (QED) is 0.487. The van der Waals surface area contributed by atoms with Crippen molar-refractivity contribution in [1.29, 1.82) is 0 Å². The molecule has 8 nitrogen and oxygen atoms in total. The smallest absolute Gasteiger partial charge is 0.332 e. The van der Waals surface area contributed by atoms with Gasteiger partial charge in [-0.3, -0.25) is 18.7 Å². The van der Waals surface area contributed by atoms with E-state index in [2.05, 4.69) is 5.32 Å². The highest BCUT2D eigenvalue weighted by atomic mass is 32.1. The Hall–Kier alpha value is -3.92. The fourth-order valence-electron chi connectivity index (χ4n) is 3.69. The summed E-state index contributed by atoms with van der Waals surface area (Å²) in [7, 11) is 0. The molecule has 33 heavy (non-hydrogen) atoms. The second-order valence-corrected chi connectivity index (χ2v) is 8.31. The second kappa shape index (κ2) is 8.55. The van der Waals surface area contributed by atoms with Crippen LogP contribution in [0.5, 0.6) is 11.5 Å². The van der Waals surface area contributed by atoms with E-state index in [9.17, 15) is 18.8 Å². The summed E-state index contributed by atoms with van der Waals surface area (Å²) < 4.78 is 27.7. The number of ether oxygens (including phenoxy) is 2. The maximum absolute atomic E-state index is 14.2. The van der Waals surface area contributed by atoms with Crippen molar-refractivity contribution in [1.82, 2.24) is 9.13 Å². The molecule has 4 aromatic rings. The number of fused-ring (bicyclic) bond motifs is 2. The number of hydrogen-bond acceptors (Lipinski definition) is 6. The summed E-state index contributed by atoms with van der Waals surface area (Å²) in [6.07, 6.45) is 0. The largest absolute Gasteiger partial charge is 0.486 e. The third kappa shape index (κ3) is 4.00. The van der Waals surface area contributed by atoms with Gasteiger partial charge in [-0.15, -0.1) is 11.3 Å². The number of amides is 1. The zero-order valence-corrected chi connectivity index (χ0v) is 18.1. The monoisotopic (exact) mass is 467 g/mol. The lowest BCUT2D eigenvalue weighted by molar-refractivity contribution is -0.116. The number of benzene rings is 2. The van der Waals surface area contributed by atoms with Crippen LogP contribution in [0.2, 0.25) is 0 Å². The number of anilines is 1. The molecule has 0 spiro atoms. The van der Waals surface area contributed by atoms with Crippen LogP contribution in [-0.4, -0.2) is 28.3 Å². The molecule has 10 heteroatoms. The van der Waals surface area contributed by atoms with Gasteiger partial charge in [0.15, 0.2) is 11.5 Å². The molecule has 2 aromatic carbocycles. The number of aromatic nitrogens is 2. The summed E-state index contributed by atoms with van der Waals surface area (Å²) in [5.74, 6) is 0.140. The fraction of sp³-hybridized carbons (Fsp3) is 0.174. The van der Waals surface area contributed by atoms with Crippen LogP contribution in [0.25, 0.3) is 10.2 Å². The van der Waals surface area contributed by atoms with Crippen LogP contribution in [-0.2, 0) is 17.9 Å². The Labute approximate surface area is 190 Å². The molecule has 1 amide bonds. The first-order chi connectivity index (χ1) is 16.0. The van der Waals surface area contributed by atoms with E-state index >= 15 is 0 Å². The molecule has 1 aliphatic rings. The predicted molar refractivity (Wildman–Crippen MR) is 122 cm³/mol. The summed E-state index contributed by atoms with van der Waals surface area (Å²) in [5, 5.41) is 4.41. The number of hydrogen-bond donors (Lipinski definition) is 1. The number of carbonyl (C=O) groups excluding carboxylic acids is 1. The molecule has 0 unspecified atom stereocenters. The van der Waals surface area contributed by atoms with Crippen LogP contribution in [0, 0.1) is 5.82 Å². The van der Waals surface area contributed by atoms with Gasteiger partial charge in [-0.05, 0) is 29.6 Å². The van der Waals surface area contributed by atoms with Crippen LogP contribution in [0.1, 0.15) is 5.56 Å². The molecule has 0 fully saturated rings. The molecule has 0 saturated heterocycles. The average molecular weight is 467 g/mol. The Balaban J connectivity index is 1.47. The molecule has 1 aliphatic heterocycles. The van der Waals surface area contributed by atoms with Crippen LogP contribution >= 0.6 is 11.3 Å². The number of thiophene rings is 1. The first-order valence-corrected chi connectivity index (χ1v) is 11.0. The molecule has 168 valence electrons. The van der Waals surface area contributed by atoms with Gasteiger partial charge in [0.1, 0.15) is 30.3 Å². The zero-order chi connectivity index (χ0) is 22.9. The maximum atomic E-state index is 14.2. The summed E-state index contributed by atoms with van der Waals surface area (Å²) in [6.45, 7) is 0.320.